The van der Waals surface area contributed by atoms with E-state index >= 15 is 0 Å². The quantitative estimate of drug-likeness (QED) is 0.788. The predicted octanol–water partition coefficient (Wildman–Crippen LogP) is 4.43. The van der Waals surface area contributed by atoms with Gasteiger partial charge in [0.2, 0.25) is 0 Å². The average Bonchev–Trinajstić information content (AvgIpc) is 2.64. The van der Waals surface area contributed by atoms with Crippen molar-refractivity contribution in [3.63, 3.8) is 0 Å². The van der Waals surface area contributed by atoms with Crippen molar-refractivity contribution >= 4 is 29.2 Å². The highest BCUT2D eigenvalue weighted by Crippen LogP contribution is 2.28. The average molecular weight is 394 g/mol. The molecule has 2 aromatic carbocycles. The maximum absolute atomic E-state index is 10.8. The fourth-order valence-electron chi connectivity index (χ4n) is 3.12. The molecule has 1 N–H and O–H groups in total. The molecule has 1 saturated heterocycles. The predicted molar refractivity (Wildman–Crippen MR) is 103 cm³/mol. The van der Waals surface area contributed by atoms with Crippen molar-refractivity contribution in [3.05, 3.63) is 69.2 Å². The standard InChI is InChI=1S/C20H21Cl2NO3/c21-17-2-1-3-18(22)16(17)12-14-4-6-15(7-5-14)19-13-23(10-11-26-19)9-8-20(24)25/h1-7,19H,8-13H2,(H,24,25)/t19-/m0/s1. The van der Waals surface area contributed by atoms with Gasteiger partial charge in [-0.3, -0.25) is 9.69 Å². The zero-order chi connectivity index (χ0) is 18.5. The van der Waals surface area contributed by atoms with Crippen LogP contribution in [-0.4, -0.2) is 42.2 Å². The molecule has 6 heteroatoms. The first-order valence-electron chi connectivity index (χ1n) is 8.60. The number of hydrogen-bond donors (Lipinski definition) is 1. The Kier molecular flexibility index (Phi) is 6.54. The van der Waals surface area contributed by atoms with Crippen molar-refractivity contribution in [1.82, 2.24) is 4.90 Å². The second-order valence-corrected chi connectivity index (χ2v) is 7.24. The molecular formula is C20H21Cl2NO3. The number of morpholine rings is 1. The molecule has 1 heterocycles. The first-order chi connectivity index (χ1) is 12.5. The Morgan fingerprint density at radius 2 is 1.85 bits per heavy atom. The minimum Gasteiger partial charge on any atom is -0.481 e. The molecular weight excluding hydrogens is 373 g/mol. The van der Waals surface area contributed by atoms with Crippen LogP contribution in [0.1, 0.15) is 29.2 Å². The van der Waals surface area contributed by atoms with Gasteiger partial charge >= 0.3 is 5.97 Å². The molecule has 0 amide bonds. The lowest BCUT2D eigenvalue weighted by molar-refractivity contribution is -0.137. The van der Waals surface area contributed by atoms with Gasteiger partial charge in [0.15, 0.2) is 0 Å². The van der Waals surface area contributed by atoms with Crippen LogP contribution in [0.4, 0.5) is 0 Å². The van der Waals surface area contributed by atoms with E-state index in [2.05, 4.69) is 29.2 Å². The number of rotatable bonds is 6. The van der Waals surface area contributed by atoms with Crippen molar-refractivity contribution in [2.24, 2.45) is 0 Å². The van der Waals surface area contributed by atoms with Gasteiger partial charge in [0.05, 0.1) is 19.1 Å². The number of carboxylic acid groups (broad SMARTS) is 1. The van der Waals surface area contributed by atoms with Crippen molar-refractivity contribution < 1.29 is 14.6 Å². The summed E-state index contributed by atoms with van der Waals surface area (Å²) >= 11 is 12.5. The lowest BCUT2D eigenvalue weighted by Gasteiger charge is -2.32. The van der Waals surface area contributed by atoms with Gasteiger partial charge in [-0.15, -0.1) is 0 Å². The van der Waals surface area contributed by atoms with Crippen LogP contribution in [0, 0.1) is 0 Å². The van der Waals surface area contributed by atoms with Crippen LogP contribution in [0.15, 0.2) is 42.5 Å². The Morgan fingerprint density at radius 3 is 2.50 bits per heavy atom. The highest BCUT2D eigenvalue weighted by Gasteiger charge is 2.22. The summed E-state index contributed by atoms with van der Waals surface area (Å²) in [6.45, 7) is 2.65. The number of halogens is 2. The first-order valence-corrected chi connectivity index (χ1v) is 9.36. The molecule has 0 spiro atoms. The molecule has 0 saturated carbocycles. The highest BCUT2D eigenvalue weighted by molar-refractivity contribution is 6.36. The van der Waals surface area contributed by atoms with E-state index in [4.69, 9.17) is 33.0 Å². The SMILES string of the molecule is O=C(O)CCN1CCO[C@H](c2ccc(Cc3c(Cl)cccc3Cl)cc2)C1. The number of carbonyl (C=O) groups is 1. The Labute approximate surface area is 163 Å². The van der Waals surface area contributed by atoms with Crippen LogP contribution >= 0.6 is 23.2 Å². The minimum atomic E-state index is -0.768. The monoisotopic (exact) mass is 393 g/mol. The van der Waals surface area contributed by atoms with E-state index in [0.717, 1.165) is 23.2 Å². The Morgan fingerprint density at radius 1 is 1.15 bits per heavy atom. The van der Waals surface area contributed by atoms with Gasteiger partial charge in [0, 0.05) is 36.1 Å². The number of hydrogen-bond acceptors (Lipinski definition) is 3. The summed E-state index contributed by atoms with van der Waals surface area (Å²) in [6, 6.07) is 13.8. The van der Waals surface area contributed by atoms with Gasteiger partial charge in [-0.05, 0) is 28.8 Å². The molecule has 0 aromatic heterocycles. The highest BCUT2D eigenvalue weighted by atomic mass is 35.5. The summed E-state index contributed by atoms with van der Waals surface area (Å²) in [5.41, 5.74) is 3.15. The minimum absolute atomic E-state index is 0.0319. The van der Waals surface area contributed by atoms with Gasteiger partial charge in [0.25, 0.3) is 0 Å². The third kappa shape index (κ3) is 4.98. The molecule has 1 atom stereocenters. The number of aliphatic carboxylic acids is 1. The first kappa shape index (κ1) is 19.2. The summed E-state index contributed by atoms with van der Waals surface area (Å²) in [4.78, 5) is 12.9. The van der Waals surface area contributed by atoms with Gasteiger partial charge in [-0.2, -0.15) is 0 Å². The Balaban J connectivity index is 1.64. The van der Waals surface area contributed by atoms with E-state index in [1.165, 1.54) is 0 Å². The fraction of sp³-hybridized carbons (Fsp3) is 0.350. The number of nitrogens with zero attached hydrogens (tertiary/aromatic N) is 1. The third-order valence-electron chi connectivity index (χ3n) is 4.59. The Bertz CT molecular complexity index is 744. The molecule has 4 nitrogen and oxygen atoms in total. The second kappa shape index (κ2) is 8.87. The number of benzene rings is 2. The van der Waals surface area contributed by atoms with Gasteiger partial charge in [-0.25, -0.2) is 0 Å². The molecule has 0 radical (unpaired) electrons. The van der Waals surface area contributed by atoms with Gasteiger partial charge in [-0.1, -0.05) is 53.5 Å². The normalized spacial score (nSPS) is 18.0. The molecule has 0 bridgehead atoms. The lowest BCUT2D eigenvalue weighted by atomic mass is 10.0. The molecule has 2 aromatic rings. The van der Waals surface area contributed by atoms with E-state index in [1.54, 1.807) is 0 Å². The van der Waals surface area contributed by atoms with Crippen LogP contribution in [0.5, 0.6) is 0 Å². The summed E-state index contributed by atoms with van der Waals surface area (Å²) in [6.07, 6.45) is 0.801. The molecule has 1 fully saturated rings. The van der Waals surface area contributed by atoms with Crippen molar-refractivity contribution in [1.29, 1.82) is 0 Å². The third-order valence-corrected chi connectivity index (χ3v) is 5.29. The zero-order valence-electron chi connectivity index (χ0n) is 14.3. The topological polar surface area (TPSA) is 49.8 Å². The van der Waals surface area contributed by atoms with Crippen molar-refractivity contribution in [2.75, 3.05) is 26.2 Å². The fourth-order valence-corrected chi connectivity index (χ4v) is 3.65. The molecule has 1 aliphatic rings. The smallest absolute Gasteiger partial charge is 0.304 e. The van der Waals surface area contributed by atoms with Crippen LogP contribution in [0.2, 0.25) is 10.0 Å². The molecule has 0 aliphatic carbocycles. The van der Waals surface area contributed by atoms with Crippen molar-refractivity contribution in [2.45, 2.75) is 18.9 Å². The summed E-state index contributed by atoms with van der Waals surface area (Å²) < 4.78 is 5.87. The molecule has 1 aliphatic heterocycles. The lowest BCUT2D eigenvalue weighted by Crippen LogP contribution is -2.39. The van der Waals surface area contributed by atoms with Gasteiger partial charge < -0.3 is 9.84 Å². The largest absolute Gasteiger partial charge is 0.481 e. The van der Waals surface area contributed by atoms with E-state index < -0.39 is 5.97 Å². The van der Waals surface area contributed by atoms with Crippen LogP contribution in [-0.2, 0) is 16.0 Å². The summed E-state index contributed by atoms with van der Waals surface area (Å²) in [5.74, 6) is -0.768. The van der Waals surface area contributed by atoms with E-state index in [-0.39, 0.29) is 12.5 Å². The van der Waals surface area contributed by atoms with Crippen molar-refractivity contribution in [3.8, 4) is 0 Å². The van der Waals surface area contributed by atoms with E-state index in [9.17, 15) is 4.79 Å². The molecule has 138 valence electrons. The maximum Gasteiger partial charge on any atom is 0.304 e. The van der Waals surface area contributed by atoms with Crippen LogP contribution in [0.25, 0.3) is 0 Å². The maximum atomic E-state index is 10.8. The van der Waals surface area contributed by atoms with Gasteiger partial charge in [0.1, 0.15) is 0 Å². The summed E-state index contributed by atoms with van der Waals surface area (Å²) in [7, 11) is 0. The number of ether oxygens (including phenoxy) is 1. The Hall–Kier alpha value is -1.59. The zero-order valence-corrected chi connectivity index (χ0v) is 15.8. The molecule has 3 rings (SSSR count). The molecule has 0 unspecified atom stereocenters. The van der Waals surface area contributed by atoms with E-state index in [1.807, 2.05) is 18.2 Å². The second-order valence-electron chi connectivity index (χ2n) is 6.42. The molecule has 26 heavy (non-hydrogen) atoms. The van der Waals surface area contributed by atoms with Crippen LogP contribution < -0.4 is 0 Å². The number of carboxylic acids is 1. The summed E-state index contributed by atoms with van der Waals surface area (Å²) in [5, 5.41) is 10.2. The van der Waals surface area contributed by atoms with Crippen LogP contribution in [0.3, 0.4) is 0 Å². The van der Waals surface area contributed by atoms with E-state index in [0.29, 0.717) is 36.2 Å².